The Hall–Kier alpha value is -1.90. The highest BCUT2D eigenvalue weighted by Gasteiger charge is 2.23. The SMILES string of the molecule is Fc1cccc2c1NCCC2c1ccncc1. The third-order valence-corrected chi connectivity index (χ3v) is 3.26. The van der Waals surface area contributed by atoms with Gasteiger partial charge in [0.2, 0.25) is 0 Å². The van der Waals surface area contributed by atoms with Gasteiger partial charge in [-0.2, -0.15) is 0 Å². The molecule has 1 atom stereocenters. The molecule has 1 N–H and O–H groups in total. The van der Waals surface area contributed by atoms with Gasteiger partial charge in [0.1, 0.15) is 5.82 Å². The topological polar surface area (TPSA) is 24.9 Å². The summed E-state index contributed by atoms with van der Waals surface area (Å²) in [5.74, 6) is 0.103. The van der Waals surface area contributed by atoms with E-state index in [2.05, 4.69) is 10.3 Å². The fraction of sp³-hybridized carbons (Fsp3) is 0.214. The maximum absolute atomic E-state index is 13.7. The highest BCUT2D eigenvalue weighted by atomic mass is 19.1. The van der Waals surface area contributed by atoms with Crippen molar-refractivity contribution in [3.63, 3.8) is 0 Å². The highest BCUT2D eigenvalue weighted by molar-refractivity contribution is 5.58. The second kappa shape index (κ2) is 4.17. The van der Waals surface area contributed by atoms with Gasteiger partial charge in [0, 0.05) is 24.9 Å². The molecule has 0 saturated heterocycles. The number of para-hydroxylation sites is 1. The fourth-order valence-corrected chi connectivity index (χ4v) is 2.46. The van der Waals surface area contributed by atoms with Gasteiger partial charge in [-0.25, -0.2) is 4.39 Å². The van der Waals surface area contributed by atoms with Crippen molar-refractivity contribution < 1.29 is 4.39 Å². The predicted molar refractivity (Wildman–Crippen MR) is 65.6 cm³/mol. The van der Waals surface area contributed by atoms with E-state index in [1.165, 1.54) is 11.6 Å². The molecule has 2 nitrogen and oxygen atoms in total. The first-order chi connectivity index (χ1) is 8.36. The van der Waals surface area contributed by atoms with Crippen molar-refractivity contribution in [3.05, 3.63) is 59.7 Å². The van der Waals surface area contributed by atoms with Crippen molar-refractivity contribution in [1.29, 1.82) is 0 Å². The second-order valence-electron chi connectivity index (χ2n) is 4.25. The zero-order valence-electron chi connectivity index (χ0n) is 9.36. The van der Waals surface area contributed by atoms with Gasteiger partial charge in [-0.3, -0.25) is 4.98 Å². The summed E-state index contributed by atoms with van der Waals surface area (Å²) in [4.78, 5) is 4.02. The monoisotopic (exact) mass is 228 g/mol. The van der Waals surface area contributed by atoms with Crippen LogP contribution < -0.4 is 5.32 Å². The average molecular weight is 228 g/mol. The molecule has 0 saturated carbocycles. The molecule has 86 valence electrons. The molecule has 1 aliphatic rings. The maximum atomic E-state index is 13.7. The van der Waals surface area contributed by atoms with E-state index in [-0.39, 0.29) is 11.7 Å². The van der Waals surface area contributed by atoms with E-state index >= 15 is 0 Å². The summed E-state index contributed by atoms with van der Waals surface area (Å²) in [6.07, 6.45) is 4.56. The van der Waals surface area contributed by atoms with Crippen molar-refractivity contribution in [2.75, 3.05) is 11.9 Å². The van der Waals surface area contributed by atoms with Gasteiger partial charge in [0.15, 0.2) is 0 Å². The van der Waals surface area contributed by atoms with Gasteiger partial charge in [0.05, 0.1) is 5.69 Å². The summed E-state index contributed by atoms with van der Waals surface area (Å²) < 4.78 is 13.7. The zero-order valence-corrected chi connectivity index (χ0v) is 9.36. The lowest BCUT2D eigenvalue weighted by Gasteiger charge is -2.27. The van der Waals surface area contributed by atoms with Crippen molar-refractivity contribution in [3.8, 4) is 0 Å². The number of nitrogens with zero attached hydrogens (tertiary/aromatic N) is 1. The Morgan fingerprint density at radius 3 is 2.82 bits per heavy atom. The van der Waals surface area contributed by atoms with E-state index in [0.717, 1.165) is 18.5 Å². The predicted octanol–water partition coefficient (Wildman–Crippen LogP) is 3.17. The fourth-order valence-electron chi connectivity index (χ4n) is 2.46. The molecule has 1 aliphatic heterocycles. The number of hydrogen-bond acceptors (Lipinski definition) is 2. The van der Waals surface area contributed by atoms with Crippen LogP contribution >= 0.6 is 0 Å². The minimum absolute atomic E-state index is 0.166. The van der Waals surface area contributed by atoms with Crippen LogP contribution in [0, 0.1) is 5.82 Å². The van der Waals surface area contributed by atoms with Crippen LogP contribution in [0.2, 0.25) is 0 Å². The lowest BCUT2D eigenvalue weighted by molar-refractivity contribution is 0.614. The summed E-state index contributed by atoms with van der Waals surface area (Å²) in [7, 11) is 0. The first-order valence-corrected chi connectivity index (χ1v) is 5.78. The Morgan fingerprint density at radius 2 is 2.00 bits per heavy atom. The maximum Gasteiger partial charge on any atom is 0.146 e. The van der Waals surface area contributed by atoms with Crippen LogP contribution in [0.3, 0.4) is 0 Å². The number of fused-ring (bicyclic) bond motifs is 1. The number of pyridine rings is 1. The lowest BCUT2D eigenvalue weighted by Crippen LogP contribution is -2.18. The summed E-state index contributed by atoms with van der Waals surface area (Å²) in [5, 5.41) is 3.14. The van der Waals surface area contributed by atoms with Crippen molar-refractivity contribution in [2.24, 2.45) is 0 Å². The molecule has 0 aliphatic carbocycles. The molecule has 3 heteroatoms. The number of hydrogen-bond donors (Lipinski definition) is 1. The van der Waals surface area contributed by atoms with Crippen LogP contribution in [0.15, 0.2) is 42.7 Å². The Kier molecular flexibility index (Phi) is 2.52. The molecule has 0 amide bonds. The summed E-state index contributed by atoms with van der Waals surface area (Å²) in [5.41, 5.74) is 2.90. The Morgan fingerprint density at radius 1 is 1.18 bits per heavy atom. The average Bonchev–Trinajstić information content (AvgIpc) is 2.40. The smallest absolute Gasteiger partial charge is 0.146 e. The van der Waals surface area contributed by atoms with Crippen LogP contribution in [-0.4, -0.2) is 11.5 Å². The second-order valence-corrected chi connectivity index (χ2v) is 4.25. The van der Waals surface area contributed by atoms with E-state index in [1.807, 2.05) is 18.2 Å². The zero-order chi connectivity index (χ0) is 11.7. The van der Waals surface area contributed by atoms with Gasteiger partial charge in [-0.15, -0.1) is 0 Å². The first-order valence-electron chi connectivity index (χ1n) is 5.78. The van der Waals surface area contributed by atoms with Crippen molar-refractivity contribution in [2.45, 2.75) is 12.3 Å². The normalized spacial score (nSPS) is 18.3. The molecule has 2 aromatic rings. The van der Waals surface area contributed by atoms with E-state index in [9.17, 15) is 4.39 Å². The molecule has 3 rings (SSSR count). The number of anilines is 1. The van der Waals surface area contributed by atoms with Crippen LogP contribution in [0.5, 0.6) is 0 Å². The van der Waals surface area contributed by atoms with E-state index in [4.69, 9.17) is 0 Å². The van der Waals surface area contributed by atoms with Gasteiger partial charge in [-0.05, 0) is 35.7 Å². The highest BCUT2D eigenvalue weighted by Crippen LogP contribution is 2.37. The van der Waals surface area contributed by atoms with Crippen molar-refractivity contribution in [1.82, 2.24) is 4.98 Å². The molecular weight excluding hydrogens is 215 g/mol. The summed E-state index contributed by atoms with van der Waals surface area (Å²) >= 11 is 0. The number of nitrogens with one attached hydrogen (secondary N) is 1. The van der Waals surface area contributed by atoms with E-state index in [1.54, 1.807) is 18.5 Å². The van der Waals surface area contributed by atoms with Gasteiger partial charge >= 0.3 is 0 Å². The number of halogens is 1. The van der Waals surface area contributed by atoms with E-state index < -0.39 is 0 Å². The Balaban J connectivity index is 2.09. The van der Waals surface area contributed by atoms with E-state index in [0.29, 0.717) is 5.69 Å². The van der Waals surface area contributed by atoms with Crippen LogP contribution in [0.4, 0.5) is 10.1 Å². The molecule has 17 heavy (non-hydrogen) atoms. The third kappa shape index (κ3) is 1.78. The van der Waals surface area contributed by atoms with Crippen LogP contribution in [0.1, 0.15) is 23.5 Å². The summed E-state index contributed by atoms with van der Waals surface area (Å²) in [6.45, 7) is 0.806. The molecule has 2 heterocycles. The molecule has 0 fully saturated rings. The number of rotatable bonds is 1. The largest absolute Gasteiger partial charge is 0.382 e. The van der Waals surface area contributed by atoms with Gasteiger partial charge in [-0.1, -0.05) is 12.1 Å². The van der Waals surface area contributed by atoms with Crippen LogP contribution in [0.25, 0.3) is 0 Å². The van der Waals surface area contributed by atoms with Gasteiger partial charge < -0.3 is 5.32 Å². The molecule has 1 aromatic heterocycles. The number of aromatic nitrogens is 1. The van der Waals surface area contributed by atoms with Crippen LogP contribution in [-0.2, 0) is 0 Å². The Bertz CT molecular complexity index is 525. The van der Waals surface area contributed by atoms with Crippen molar-refractivity contribution >= 4 is 5.69 Å². The molecule has 1 aromatic carbocycles. The number of benzene rings is 1. The quantitative estimate of drug-likeness (QED) is 0.811. The molecular formula is C14H13FN2. The third-order valence-electron chi connectivity index (χ3n) is 3.26. The molecule has 0 spiro atoms. The lowest BCUT2D eigenvalue weighted by atomic mass is 9.85. The molecule has 1 unspecified atom stereocenters. The Labute approximate surface area is 99.5 Å². The molecule has 0 bridgehead atoms. The first kappa shape index (κ1) is 10.3. The van der Waals surface area contributed by atoms with Gasteiger partial charge in [0.25, 0.3) is 0 Å². The minimum atomic E-state index is -0.166. The minimum Gasteiger partial charge on any atom is -0.382 e. The molecule has 0 radical (unpaired) electrons. The standard InChI is InChI=1S/C14H13FN2/c15-13-3-1-2-12-11(6-9-17-14(12)13)10-4-7-16-8-5-10/h1-5,7-8,11,17H,6,9H2. The summed E-state index contributed by atoms with van der Waals surface area (Å²) in [6, 6.07) is 9.28.